The molecule has 9 heteroatoms. The standard InChI is InChI=1S/C30H24F3N3O2S/c1-20-27(24-4-3-5-25(14-24)30(31,32)33)18-36(17-23-8-6-21(15-34)7-9-23)19-28(20)29(37)35-16-22-10-12-26(13-11-22)39(2)38/h3-14,18-19H,1,16-17H2,2H3,(H,35,37). The summed E-state index contributed by atoms with van der Waals surface area (Å²) >= 11 is 0. The summed E-state index contributed by atoms with van der Waals surface area (Å²) in [6.07, 6.45) is 0.328. The second-order valence-electron chi connectivity index (χ2n) is 8.90. The Morgan fingerprint density at radius 3 is 2.31 bits per heavy atom. The quantitative estimate of drug-likeness (QED) is 0.398. The maximum Gasteiger partial charge on any atom is 0.416 e. The van der Waals surface area contributed by atoms with Crippen LogP contribution in [0.3, 0.4) is 0 Å². The van der Waals surface area contributed by atoms with Crippen LogP contribution in [0.15, 0.2) is 108 Å². The molecule has 3 aromatic rings. The molecule has 0 saturated carbocycles. The van der Waals surface area contributed by atoms with Crippen molar-refractivity contribution in [3.63, 3.8) is 0 Å². The predicted octanol–water partition coefficient (Wildman–Crippen LogP) is 5.93. The number of allylic oxidation sites excluding steroid dienone is 1. The number of hydrogen-bond donors (Lipinski definition) is 1. The van der Waals surface area contributed by atoms with Crippen LogP contribution in [0.2, 0.25) is 0 Å². The SMILES string of the molecule is C=C1C(C(=O)NCc2ccc(S(C)=O)cc2)=CN(Cc2ccc(C#N)cc2)C=C1c1cccc(C(F)(F)F)c1. The molecule has 1 amide bonds. The Morgan fingerprint density at radius 1 is 1.03 bits per heavy atom. The number of rotatable bonds is 7. The lowest BCUT2D eigenvalue weighted by Gasteiger charge is -2.27. The number of nitrogens with one attached hydrogen (secondary N) is 1. The van der Waals surface area contributed by atoms with E-state index in [-0.39, 0.29) is 17.7 Å². The molecule has 0 spiro atoms. The second kappa shape index (κ2) is 11.5. The summed E-state index contributed by atoms with van der Waals surface area (Å²) in [6, 6.07) is 20.9. The highest BCUT2D eigenvalue weighted by Crippen LogP contribution is 2.36. The Morgan fingerprint density at radius 2 is 1.69 bits per heavy atom. The molecule has 0 fully saturated rings. The fourth-order valence-electron chi connectivity index (χ4n) is 4.04. The number of amides is 1. The minimum absolute atomic E-state index is 0.193. The van der Waals surface area contributed by atoms with Gasteiger partial charge in [0.15, 0.2) is 0 Å². The molecule has 1 unspecified atom stereocenters. The van der Waals surface area contributed by atoms with Crippen molar-refractivity contribution in [3.05, 3.63) is 131 Å². The van der Waals surface area contributed by atoms with E-state index in [4.69, 9.17) is 5.26 Å². The molecule has 1 N–H and O–H groups in total. The third kappa shape index (κ3) is 6.72. The van der Waals surface area contributed by atoms with E-state index in [0.717, 1.165) is 23.3 Å². The van der Waals surface area contributed by atoms with Gasteiger partial charge >= 0.3 is 6.18 Å². The minimum Gasteiger partial charge on any atom is -0.348 e. The van der Waals surface area contributed by atoms with Gasteiger partial charge in [0.2, 0.25) is 0 Å². The summed E-state index contributed by atoms with van der Waals surface area (Å²) in [5, 5.41) is 11.9. The van der Waals surface area contributed by atoms with E-state index in [1.807, 2.05) is 0 Å². The summed E-state index contributed by atoms with van der Waals surface area (Å²) in [5.74, 6) is -0.439. The van der Waals surface area contributed by atoms with Crippen LogP contribution in [0.4, 0.5) is 13.2 Å². The Bertz CT molecular complexity index is 1530. The lowest BCUT2D eigenvalue weighted by atomic mass is 9.90. The number of nitrogens with zero attached hydrogens (tertiary/aromatic N) is 2. The van der Waals surface area contributed by atoms with E-state index < -0.39 is 28.4 Å². The normalized spacial score (nSPS) is 14.2. The maximum atomic E-state index is 13.4. The van der Waals surface area contributed by atoms with Gasteiger partial charge in [-0.2, -0.15) is 18.4 Å². The number of hydrogen-bond acceptors (Lipinski definition) is 4. The summed E-state index contributed by atoms with van der Waals surface area (Å²) in [5.41, 5.74) is 2.50. The molecule has 0 aliphatic carbocycles. The molecule has 0 radical (unpaired) electrons. The molecule has 4 rings (SSSR count). The van der Waals surface area contributed by atoms with Crippen molar-refractivity contribution < 1.29 is 22.2 Å². The average molecular weight is 548 g/mol. The fraction of sp³-hybridized carbons (Fsp3) is 0.133. The molecule has 5 nitrogen and oxygen atoms in total. The fourth-order valence-corrected chi connectivity index (χ4v) is 4.56. The lowest BCUT2D eigenvalue weighted by molar-refractivity contribution is -0.137. The minimum atomic E-state index is -4.52. The summed E-state index contributed by atoms with van der Waals surface area (Å²) < 4.78 is 51.9. The molecule has 1 aliphatic heterocycles. The first-order valence-corrected chi connectivity index (χ1v) is 13.4. The van der Waals surface area contributed by atoms with E-state index in [1.165, 1.54) is 6.07 Å². The molecular formula is C30H24F3N3O2S. The van der Waals surface area contributed by atoms with Crippen LogP contribution >= 0.6 is 0 Å². The van der Waals surface area contributed by atoms with E-state index in [1.54, 1.807) is 78.2 Å². The third-order valence-corrected chi connectivity index (χ3v) is 7.08. The van der Waals surface area contributed by atoms with E-state index in [2.05, 4.69) is 18.0 Å². The maximum absolute atomic E-state index is 13.4. The monoisotopic (exact) mass is 547 g/mol. The van der Waals surface area contributed by atoms with Gasteiger partial charge in [-0.05, 0) is 58.7 Å². The van der Waals surface area contributed by atoms with Crippen LogP contribution in [0.1, 0.15) is 27.8 Å². The highest BCUT2D eigenvalue weighted by molar-refractivity contribution is 7.84. The molecule has 0 aromatic heterocycles. The van der Waals surface area contributed by atoms with Crippen LogP contribution in [-0.4, -0.2) is 21.3 Å². The smallest absolute Gasteiger partial charge is 0.348 e. The Labute approximate surface area is 227 Å². The van der Waals surface area contributed by atoms with Crippen molar-refractivity contribution in [3.8, 4) is 6.07 Å². The first-order chi connectivity index (χ1) is 18.5. The first-order valence-electron chi connectivity index (χ1n) is 11.8. The second-order valence-corrected chi connectivity index (χ2v) is 10.3. The van der Waals surface area contributed by atoms with Gasteiger partial charge in [-0.1, -0.05) is 43.0 Å². The molecule has 1 atom stereocenters. The van der Waals surface area contributed by atoms with Crippen LogP contribution in [-0.2, 0) is 34.9 Å². The zero-order chi connectivity index (χ0) is 28.2. The third-order valence-electron chi connectivity index (χ3n) is 6.14. The van der Waals surface area contributed by atoms with E-state index >= 15 is 0 Å². The largest absolute Gasteiger partial charge is 0.416 e. The summed E-state index contributed by atoms with van der Waals surface area (Å²) in [4.78, 5) is 15.7. The number of carbonyl (C=O) groups excluding carboxylic acids is 1. The molecule has 198 valence electrons. The Kier molecular flexibility index (Phi) is 8.17. The van der Waals surface area contributed by atoms with E-state index in [9.17, 15) is 22.2 Å². The number of nitriles is 1. The van der Waals surface area contributed by atoms with Gasteiger partial charge in [-0.15, -0.1) is 0 Å². The summed E-state index contributed by atoms with van der Waals surface area (Å²) in [6.45, 7) is 4.55. The van der Waals surface area contributed by atoms with Crippen molar-refractivity contribution in [1.29, 1.82) is 5.26 Å². The van der Waals surface area contributed by atoms with Crippen molar-refractivity contribution in [2.75, 3.05) is 6.26 Å². The molecular weight excluding hydrogens is 523 g/mol. The van der Waals surface area contributed by atoms with Gasteiger partial charge in [0.25, 0.3) is 5.91 Å². The summed E-state index contributed by atoms with van der Waals surface area (Å²) in [7, 11) is -1.12. The van der Waals surface area contributed by atoms with Crippen molar-refractivity contribution in [2.45, 2.75) is 24.2 Å². The van der Waals surface area contributed by atoms with Gasteiger partial charge in [0, 0.05) is 53.0 Å². The molecule has 3 aromatic carbocycles. The van der Waals surface area contributed by atoms with Gasteiger partial charge in [-0.25, -0.2) is 0 Å². The van der Waals surface area contributed by atoms with Crippen molar-refractivity contribution >= 4 is 22.3 Å². The van der Waals surface area contributed by atoms with Gasteiger partial charge in [0.1, 0.15) is 0 Å². The molecule has 0 bridgehead atoms. The number of carbonyl (C=O) groups is 1. The highest BCUT2D eigenvalue weighted by atomic mass is 32.2. The van der Waals surface area contributed by atoms with Gasteiger partial charge in [-0.3, -0.25) is 9.00 Å². The van der Waals surface area contributed by atoms with Gasteiger partial charge in [0.05, 0.1) is 22.8 Å². The first kappa shape index (κ1) is 27.6. The molecule has 0 saturated heterocycles. The molecule has 39 heavy (non-hydrogen) atoms. The van der Waals surface area contributed by atoms with Crippen LogP contribution in [0.5, 0.6) is 0 Å². The molecule has 1 heterocycles. The number of halogens is 3. The Balaban J connectivity index is 1.63. The topological polar surface area (TPSA) is 73.2 Å². The average Bonchev–Trinajstić information content (AvgIpc) is 2.92. The number of benzene rings is 3. The zero-order valence-electron chi connectivity index (χ0n) is 21.0. The Hall–Kier alpha value is -4.42. The van der Waals surface area contributed by atoms with Crippen molar-refractivity contribution in [1.82, 2.24) is 10.2 Å². The predicted molar refractivity (Wildman–Crippen MR) is 144 cm³/mol. The van der Waals surface area contributed by atoms with Crippen LogP contribution in [0, 0.1) is 11.3 Å². The lowest BCUT2D eigenvalue weighted by Crippen LogP contribution is -2.29. The van der Waals surface area contributed by atoms with Crippen molar-refractivity contribution in [2.24, 2.45) is 0 Å². The highest BCUT2D eigenvalue weighted by Gasteiger charge is 2.31. The van der Waals surface area contributed by atoms with E-state index in [0.29, 0.717) is 28.1 Å². The van der Waals surface area contributed by atoms with Crippen LogP contribution in [0.25, 0.3) is 5.57 Å². The van der Waals surface area contributed by atoms with Crippen LogP contribution < -0.4 is 5.32 Å². The number of alkyl halides is 3. The molecule has 1 aliphatic rings. The van der Waals surface area contributed by atoms with Gasteiger partial charge < -0.3 is 10.2 Å². The zero-order valence-corrected chi connectivity index (χ0v) is 21.8.